The molecule has 0 saturated heterocycles. The number of carbonyl (C=O) groups excluding carboxylic acids is 1. The molecule has 0 aliphatic rings. The van der Waals surface area contributed by atoms with Crippen LogP contribution in [-0.4, -0.2) is 21.0 Å². The first-order valence-electron chi connectivity index (χ1n) is 6.87. The summed E-state index contributed by atoms with van der Waals surface area (Å²) in [5, 5.41) is 10.3. The fraction of sp³-hybridized carbons (Fsp3) is 0.133. The van der Waals surface area contributed by atoms with Crippen LogP contribution >= 0.6 is 11.6 Å². The van der Waals surface area contributed by atoms with E-state index in [2.05, 4.69) is 10.6 Å². The summed E-state index contributed by atoms with van der Waals surface area (Å²) >= 11 is 5.70. The molecule has 0 saturated carbocycles. The summed E-state index contributed by atoms with van der Waals surface area (Å²) in [6, 6.07) is 9.25. The molecule has 0 aromatic heterocycles. The Bertz CT molecular complexity index is 821. The lowest BCUT2D eigenvalue weighted by molar-refractivity contribution is 0.252. The van der Waals surface area contributed by atoms with Crippen LogP contribution in [-0.2, 0) is 16.4 Å². The van der Waals surface area contributed by atoms with Crippen molar-refractivity contribution in [2.75, 3.05) is 11.9 Å². The monoisotopic (exact) mass is 371 g/mol. The molecule has 128 valence electrons. The molecule has 0 atom stereocenters. The number of hydrogen-bond acceptors (Lipinski definition) is 3. The van der Waals surface area contributed by atoms with Crippen LogP contribution in [0.25, 0.3) is 0 Å². The lowest BCUT2D eigenvalue weighted by atomic mass is 10.1. The average Bonchev–Trinajstić information content (AvgIpc) is 2.45. The third-order valence-electron chi connectivity index (χ3n) is 3.07. The first-order chi connectivity index (χ1) is 11.2. The molecule has 2 aromatic rings. The summed E-state index contributed by atoms with van der Waals surface area (Å²) in [6.07, 6.45) is 0.488. The molecule has 0 spiro atoms. The van der Waals surface area contributed by atoms with E-state index in [9.17, 15) is 17.6 Å². The smallest absolute Gasteiger partial charge is 0.319 e. The molecule has 0 radical (unpaired) electrons. The highest BCUT2D eigenvalue weighted by molar-refractivity contribution is 7.89. The Morgan fingerprint density at radius 1 is 1.17 bits per heavy atom. The fourth-order valence-corrected chi connectivity index (χ4v) is 2.70. The molecule has 0 heterocycles. The van der Waals surface area contributed by atoms with Gasteiger partial charge >= 0.3 is 6.03 Å². The Morgan fingerprint density at radius 2 is 1.83 bits per heavy atom. The van der Waals surface area contributed by atoms with E-state index in [0.717, 1.165) is 17.7 Å². The van der Waals surface area contributed by atoms with Crippen molar-refractivity contribution in [1.82, 2.24) is 5.32 Å². The number of carbonyl (C=O) groups is 1. The zero-order chi connectivity index (χ0) is 17.7. The van der Waals surface area contributed by atoms with E-state index in [0.29, 0.717) is 13.0 Å². The molecule has 2 amide bonds. The number of anilines is 1. The molecule has 6 nitrogen and oxygen atoms in total. The number of halogens is 2. The maximum absolute atomic E-state index is 13.2. The van der Waals surface area contributed by atoms with Gasteiger partial charge in [0, 0.05) is 17.3 Å². The topological polar surface area (TPSA) is 101 Å². The Balaban J connectivity index is 1.84. The molecule has 24 heavy (non-hydrogen) atoms. The van der Waals surface area contributed by atoms with Gasteiger partial charge in [-0.2, -0.15) is 0 Å². The van der Waals surface area contributed by atoms with E-state index in [1.165, 1.54) is 18.2 Å². The third-order valence-corrected chi connectivity index (χ3v) is 4.22. The van der Waals surface area contributed by atoms with Gasteiger partial charge < -0.3 is 10.6 Å². The molecule has 2 aromatic carbocycles. The fourth-order valence-electron chi connectivity index (χ4n) is 1.97. The number of nitrogens with two attached hydrogens (primary N) is 1. The number of amides is 2. The van der Waals surface area contributed by atoms with Crippen LogP contribution < -0.4 is 15.8 Å². The standard InChI is InChI=1S/C15H15ClFN3O3S/c16-11-7-12(17)9-13(8-11)20-15(21)19-6-5-10-1-3-14(4-2-10)24(18,22)23/h1-4,7-9H,5-6H2,(H2,18,22,23)(H2,19,20,21). The first-order valence-corrected chi connectivity index (χ1v) is 8.79. The number of nitrogens with one attached hydrogen (secondary N) is 2. The molecule has 9 heteroatoms. The van der Waals surface area contributed by atoms with E-state index in [1.807, 2.05) is 0 Å². The Hall–Kier alpha value is -2.16. The van der Waals surface area contributed by atoms with E-state index in [-0.39, 0.29) is 15.6 Å². The van der Waals surface area contributed by atoms with Gasteiger partial charge in [0.15, 0.2) is 0 Å². The van der Waals surface area contributed by atoms with E-state index < -0.39 is 21.9 Å². The van der Waals surface area contributed by atoms with Crippen molar-refractivity contribution in [2.45, 2.75) is 11.3 Å². The van der Waals surface area contributed by atoms with Crippen molar-refractivity contribution >= 4 is 33.3 Å². The van der Waals surface area contributed by atoms with Gasteiger partial charge in [0.25, 0.3) is 0 Å². The summed E-state index contributed by atoms with van der Waals surface area (Å²) in [5.41, 5.74) is 1.08. The van der Waals surface area contributed by atoms with Gasteiger partial charge in [0.2, 0.25) is 10.0 Å². The Kier molecular flexibility index (Phi) is 5.76. The van der Waals surface area contributed by atoms with Crippen LogP contribution in [0.4, 0.5) is 14.9 Å². The van der Waals surface area contributed by atoms with Crippen LogP contribution in [0.5, 0.6) is 0 Å². The SMILES string of the molecule is NS(=O)(=O)c1ccc(CCNC(=O)Nc2cc(F)cc(Cl)c2)cc1. The van der Waals surface area contributed by atoms with Crippen molar-refractivity contribution in [1.29, 1.82) is 0 Å². The maximum Gasteiger partial charge on any atom is 0.319 e. The minimum atomic E-state index is -3.72. The van der Waals surface area contributed by atoms with Gasteiger partial charge in [-0.05, 0) is 42.3 Å². The molecule has 0 unspecified atom stereocenters. The number of rotatable bonds is 5. The number of hydrogen-bond donors (Lipinski definition) is 3. The molecule has 0 fully saturated rings. The predicted octanol–water partition coefficient (Wildman–Crippen LogP) is 2.49. The normalized spacial score (nSPS) is 11.1. The number of primary sulfonamides is 1. The van der Waals surface area contributed by atoms with E-state index in [1.54, 1.807) is 12.1 Å². The summed E-state index contributed by atoms with van der Waals surface area (Å²) in [7, 11) is -3.72. The zero-order valence-corrected chi connectivity index (χ0v) is 14.0. The second kappa shape index (κ2) is 7.61. The van der Waals surface area contributed by atoms with Crippen molar-refractivity contribution in [3.63, 3.8) is 0 Å². The summed E-state index contributed by atoms with van der Waals surface area (Å²) in [5.74, 6) is -0.548. The van der Waals surface area contributed by atoms with Gasteiger partial charge in [-0.15, -0.1) is 0 Å². The zero-order valence-electron chi connectivity index (χ0n) is 12.4. The number of sulfonamides is 1. The number of urea groups is 1. The highest BCUT2D eigenvalue weighted by Gasteiger charge is 2.07. The molecule has 4 N–H and O–H groups in total. The second-order valence-electron chi connectivity index (χ2n) is 4.98. The van der Waals surface area contributed by atoms with Crippen molar-refractivity contribution < 1.29 is 17.6 Å². The lowest BCUT2D eigenvalue weighted by Crippen LogP contribution is -2.30. The molecule has 0 aliphatic heterocycles. The Morgan fingerprint density at radius 3 is 2.42 bits per heavy atom. The number of benzene rings is 2. The molecule has 0 bridgehead atoms. The lowest BCUT2D eigenvalue weighted by Gasteiger charge is -2.08. The van der Waals surface area contributed by atoms with E-state index >= 15 is 0 Å². The van der Waals surface area contributed by atoms with Crippen LogP contribution in [0, 0.1) is 5.82 Å². The van der Waals surface area contributed by atoms with Crippen molar-refractivity contribution in [3.05, 3.63) is 58.9 Å². The quantitative estimate of drug-likeness (QED) is 0.752. The minimum Gasteiger partial charge on any atom is -0.338 e. The highest BCUT2D eigenvalue weighted by Crippen LogP contribution is 2.17. The predicted molar refractivity (Wildman–Crippen MR) is 90.0 cm³/mol. The molecular weight excluding hydrogens is 357 g/mol. The Labute approximate surface area is 143 Å². The summed E-state index contributed by atoms with van der Waals surface area (Å²) in [4.78, 5) is 11.8. The van der Waals surface area contributed by atoms with Gasteiger partial charge in [-0.25, -0.2) is 22.7 Å². The van der Waals surface area contributed by atoms with Crippen LogP contribution in [0.2, 0.25) is 5.02 Å². The second-order valence-corrected chi connectivity index (χ2v) is 6.98. The van der Waals surface area contributed by atoms with Gasteiger partial charge in [-0.3, -0.25) is 0 Å². The molecule has 0 aliphatic carbocycles. The van der Waals surface area contributed by atoms with Gasteiger partial charge in [0.1, 0.15) is 5.82 Å². The molecule has 2 rings (SSSR count). The molecular formula is C15H15ClFN3O3S. The maximum atomic E-state index is 13.2. The van der Waals surface area contributed by atoms with Crippen LogP contribution in [0.1, 0.15) is 5.56 Å². The first kappa shape index (κ1) is 18.2. The summed E-state index contributed by atoms with van der Waals surface area (Å²) in [6.45, 7) is 0.309. The third kappa shape index (κ3) is 5.48. The van der Waals surface area contributed by atoms with Gasteiger partial charge in [-0.1, -0.05) is 23.7 Å². The highest BCUT2D eigenvalue weighted by atomic mass is 35.5. The van der Waals surface area contributed by atoms with Crippen LogP contribution in [0.3, 0.4) is 0 Å². The van der Waals surface area contributed by atoms with Crippen molar-refractivity contribution in [3.8, 4) is 0 Å². The minimum absolute atomic E-state index is 0.0277. The van der Waals surface area contributed by atoms with E-state index in [4.69, 9.17) is 16.7 Å². The summed E-state index contributed by atoms with van der Waals surface area (Å²) < 4.78 is 35.5. The van der Waals surface area contributed by atoms with Crippen molar-refractivity contribution in [2.24, 2.45) is 5.14 Å². The average molecular weight is 372 g/mol. The largest absolute Gasteiger partial charge is 0.338 e. The van der Waals surface area contributed by atoms with Gasteiger partial charge in [0.05, 0.1) is 4.90 Å². The van der Waals surface area contributed by atoms with Crippen LogP contribution in [0.15, 0.2) is 47.4 Å².